The molecule has 0 atom stereocenters. The summed E-state index contributed by atoms with van der Waals surface area (Å²) in [5.41, 5.74) is 3.52. The minimum absolute atomic E-state index is 0.0539. The lowest BCUT2D eigenvalue weighted by Crippen LogP contribution is -2.25. The maximum atomic E-state index is 4.51. The summed E-state index contributed by atoms with van der Waals surface area (Å²) >= 11 is 0. The van der Waals surface area contributed by atoms with Gasteiger partial charge in [-0.05, 0) is 32.9 Å². The molecule has 0 aliphatic heterocycles. The number of benzene rings is 1. The van der Waals surface area contributed by atoms with E-state index in [0.29, 0.717) is 0 Å². The Bertz CT molecular complexity index is 583. The second kappa shape index (κ2) is 4.97. The standard InChI is InChI=1S/C17H25N3/c1-16(2,3)14-11-18-15(19-14)12-8-7-9-13(10-12)20-17(4,5)6/h7-11,20H,1-6H3,(H,18,19). The number of nitrogens with one attached hydrogen (secondary N) is 2. The Morgan fingerprint density at radius 3 is 2.30 bits per heavy atom. The highest BCUT2D eigenvalue weighted by atomic mass is 15.0. The van der Waals surface area contributed by atoms with Crippen molar-refractivity contribution in [2.75, 3.05) is 5.32 Å². The smallest absolute Gasteiger partial charge is 0.137 e. The van der Waals surface area contributed by atoms with Crippen molar-refractivity contribution in [3.05, 3.63) is 36.2 Å². The van der Waals surface area contributed by atoms with Crippen LogP contribution in [0, 0.1) is 0 Å². The first kappa shape index (κ1) is 14.6. The van der Waals surface area contributed by atoms with Crippen LogP contribution in [-0.2, 0) is 5.41 Å². The SMILES string of the molecule is CC(C)(C)Nc1cccc(-c2ncc(C(C)(C)C)[nH]2)c1. The predicted octanol–water partition coefficient (Wildman–Crippen LogP) is 4.58. The molecule has 0 aliphatic carbocycles. The van der Waals surface area contributed by atoms with Crippen molar-refractivity contribution < 1.29 is 0 Å². The Hall–Kier alpha value is -1.77. The molecule has 108 valence electrons. The lowest BCUT2D eigenvalue weighted by atomic mass is 9.93. The predicted molar refractivity (Wildman–Crippen MR) is 86.1 cm³/mol. The van der Waals surface area contributed by atoms with Crippen LogP contribution in [0.15, 0.2) is 30.5 Å². The molecule has 0 spiro atoms. The molecule has 2 N–H and O–H groups in total. The van der Waals surface area contributed by atoms with Gasteiger partial charge in [-0.3, -0.25) is 0 Å². The van der Waals surface area contributed by atoms with Crippen LogP contribution in [0.2, 0.25) is 0 Å². The molecule has 1 aromatic carbocycles. The summed E-state index contributed by atoms with van der Waals surface area (Å²) in [4.78, 5) is 7.93. The third-order valence-corrected chi connectivity index (χ3v) is 3.04. The lowest BCUT2D eigenvalue weighted by Gasteiger charge is -2.22. The van der Waals surface area contributed by atoms with Gasteiger partial charge in [-0.1, -0.05) is 32.9 Å². The van der Waals surface area contributed by atoms with Crippen molar-refractivity contribution in [3.63, 3.8) is 0 Å². The normalized spacial score (nSPS) is 12.5. The van der Waals surface area contributed by atoms with E-state index in [1.807, 2.05) is 6.20 Å². The second-order valence-corrected chi connectivity index (χ2v) is 7.35. The third kappa shape index (κ3) is 3.62. The summed E-state index contributed by atoms with van der Waals surface area (Å²) < 4.78 is 0. The van der Waals surface area contributed by atoms with E-state index < -0.39 is 0 Å². The maximum Gasteiger partial charge on any atom is 0.137 e. The van der Waals surface area contributed by atoms with Crippen LogP contribution in [0.1, 0.15) is 47.2 Å². The Balaban J connectivity index is 2.29. The highest BCUT2D eigenvalue weighted by Crippen LogP contribution is 2.26. The quantitative estimate of drug-likeness (QED) is 0.839. The van der Waals surface area contributed by atoms with E-state index in [1.165, 1.54) is 0 Å². The van der Waals surface area contributed by atoms with Gasteiger partial charge >= 0.3 is 0 Å². The average molecular weight is 271 g/mol. The zero-order valence-electron chi connectivity index (χ0n) is 13.3. The van der Waals surface area contributed by atoms with Gasteiger partial charge in [0, 0.05) is 34.1 Å². The first-order valence-electron chi connectivity index (χ1n) is 7.09. The number of aromatic nitrogens is 2. The molecule has 20 heavy (non-hydrogen) atoms. The van der Waals surface area contributed by atoms with E-state index in [1.54, 1.807) is 0 Å². The molecule has 2 rings (SSSR count). The number of aromatic amines is 1. The number of hydrogen-bond donors (Lipinski definition) is 2. The fourth-order valence-corrected chi connectivity index (χ4v) is 2.03. The monoisotopic (exact) mass is 271 g/mol. The minimum Gasteiger partial charge on any atom is -0.380 e. The van der Waals surface area contributed by atoms with Crippen molar-refractivity contribution in [3.8, 4) is 11.4 Å². The molecule has 0 saturated carbocycles. The van der Waals surface area contributed by atoms with Crippen molar-refractivity contribution in [2.45, 2.75) is 52.5 Å². The van der Waals surface area contributed by atoms with Crippen LogP contribution in [-0.4, -0.2) is 15.5 Å². The summed E-state index contributed by atoms with van der Waals surface area (Å²) in [6.07, 6.45) is 1.93. The molecule has 2 aromatic rings. The fraction of sp³-hybridized carbons (Fsp3) is 0.471. The Morgan fingerprint density at radius 1 is 1.05 bits per heavy atom. The van der Waals surface area contributed by atoms with Gasteiger partial charge in [0.25, 0.3) is 0 Å². The number of H-pyrrole nitrogens is 1. The van der Waals surface area contributed by atoms with Gasteiger partial charge < -0.3 is 10.3 Å². The molecule has 0 aliphatic rings. The van der Waals surface area contributed by atoms with Crippen LogP contribution in [0.4, 0.5) is 5.69 Å². The van der Waals surface area contributed by atoms with Crippen molar-refractivity contribution in [1.82, 2.24) is 9.97 Å². The summed E-state index contributed by atoms with van der Waals surface area (Å²) in [6, 6.07) is 8.36. The summed E-state index contributed by atoms with van der Waals surface area (Å²) in [5.74, 6) is 0.924. The molecule has 0 saturated heterocycles. The van der Waals surface area contributed by atoms with Crippen LogP contribution >= 0.6 is 0 Å². The van der Waals surface area contributed by atoms with Gasteiger partial charge in [-0.2, -0.15) is 0 Å². The van der Waals surface area contributed by atoms with Crippen molar-refractivity contribution in [2.24, 2.45) is 0 Å². The van der Waals surface area contributed by atoms with Crippen molar-refractivity contribution >= 4 is 5.69 Å². The summed E-state index contributed by atoms with van der Waals surface area (Å²) in [6.45, 7) is 13.0. The molecule has 1 heterocycles. The Labute approximate surface area is 121 Å². The zero-order valence-corrected chi connectivity index (χ0v) is 13.3. The van der Waals surface area contributed by atoms with Crippen LogP contribution in [0.25, 0.3) is 11.4 Å². The molecule has 1 aromatic heterocycles. The summed E-state index contributed by atoms with van der Waals surface area (Å²) in [7, 11) is 0. The summed E-state index contributed by atoms with van der Waals surface area (Å²) in [5, 5.41) is 3.49. The van der Waals surface area contributed by atoms with E-state index in [0.717, 1.165) is 22.8 Å². The number of nitrogens with zero attached hydrogens (tertiary/aromatic N) is 1. The average Bonchev–Trinajstić information content (AvgIpc) is 2.75. The Kier molecular flexibility index (Phi) is 3.63. The maximum absolute atomic E-state index is 4.51. The fourth-order valence-electron chi connectivity index (χ4n) is 2.03. The van der Waals surface area contributed by atoms with Gasteiger partial charge in [0.2, 0.25) is 0 Å². The molecule has 0 radical (unpaired) electrons. The minimum atomic E-state index is 0.0539. The van der Waals surface area contributed by atoms with Gasteiger partial charge in [0.15, 0.2) is 0 Å². The van der Waals surface area contributed by atoms with E-state index in [-0.39, 0.29) is 11.0 Å². The second-order valence-electron chi connectivity index (χ2n) is 7.35. The van der Waals surface area contributed by atoms with Gasteiger partial charge in [0.1, 0.15) is 5.82 Å². The third-order valence-electron chi connectivity index (χ3n) is 3.04. The van der Waals surface area contributed by atoms with E-state index in [9.17, 15) is 0 Å². The van der Waals surface area contributed by atoms with Crippen LogP contribution in [0.3, 0.4) is 0 Å². The number of rotatable bonds is 2. The molecule has 0 fully saturated rings. The molecule has 0 unspecified atom stereocenters. The van der Waals surface area contributed by atoms with Gasteiger partial charge in [0.05, 0.1) is 0 Å². The molecular formula is C17H25N3. The highest BCUT2D eigenvalue weighted by Gasteiger charge is 2.17. The largest absolute Gasteiger partial charge is 0.380 e. The molecule has 3 nitrogen and oxygen atoms in total. The molecule has 3 heteroatoms. The van der Waals surface area contributed by atoms with E-state index in [4.69, 9.17) is 0 Å². The first-order valence-corrected chi connectivity index (χ1v) is 7.09. The molecule has 0 amide bonds. The Morgan fingerprint density at radius 2 is 1.75 bits per heavy atom. The highest BCUT2D eigenvalue weighted by molar-refractivity contribution is 5.63. The topological polar surface area (TPSA) is 40.7 Å². The molecule has 0 bridgehead atoms. The van der Waals surface area contributed by atoms with Crippen molar-refractivity contribution in [1.29, 1.82) is 0 Å². The number of hydrogen-bond acceptors (Lipinski definition) is 2. The van der Waals surface area contributed by atoms with Crippen LogP contribution < -0.4 is 5.32 Å². The zero-order chi connectivity index (χ0) is 15.0. The van der Waals surface area contributed by atoms with Crippen LogP contribution in [0.5, 0.6) is 0 Å². The molecular weight excluding hydrogens is 246 g/mol. The lowest BCUT2D eigenvalue weighted by molar-refractivity contribution is 0.573. The first-order chi connectivity index (χ1) is 9.15. The number of anilines is 1. The number of imidazole rings is 1. The van der Waals surface area contributed by atoms with E-state index >= 15 is 0 Å². The van der Waals surface area contributed by atoms with E-state index in [2.05, 4.69) is 81.1 Å². The van der Waals surface area contributed by atoms with Gasteiger partial charge in [-0.15, -0.1) is 0 Å². The van der Waals surface area contributed by atoms with Gasteiger partial charge in [-0.25, -0.2) is 4.98 Å².